The Balaban J connectivity index is 1.53. The van der Waals surface area contributed by atoms with Gasteiger partial charge in [0.2, 0.25) is 0 Å². The quantitative estimate of drug-likeness (QED) is 0.532. The number of aromatic nitrogens is 1. The molecule has 1 fully saturated rings. The first-order valence-corrected chi connectivity index (χ1v) is 13.3. The fraction of sp³-hybridized carbons (Fsp3) is 0.448. The summed E-state index contributed by atoms with van der Waals surface area (Å²) in [5.74, 6) is -0.0153. The predicted octanol–water partition coefficient (Wildman–Crippen LogP) is 5.46. The third kappa shape index (κ3) is 3.29. The van der Waals surface area contributed by atoms with Crippen LogP contribution in [0.1, 0.15) is 68.7 Å². The van der Waals surface area contributed by atoms with Crippen molar-refractivity contribution < 1.29 is 9.59 Å². The third-order valence-electron chi connectivity index (χ3n) is 8.22. The standard InChI is InChI=1S/C29H34N4O2/c1-2-3-18-32-25-16-10-8-14-23(25)29(27(32)34)26-22(21-13-7-9-15-24(21)31-26)17-19-33(29)28(35)30-20-11-5-4-6-12-20/h7-10,13-16,20,31H,2-6,11-12,17-19H2,1H3,(H,30,35)/t29-/m1/s1. The average molecular weight is 471 g/mol. The Hall–Kier alpha value is -3.28. The fourth-order valence-electron chi connectivity index (χ4n) is 6.52. The summed E-state index contributed by atoms with van der Waals surface area (Å²) in [5.41, 5.74) is 3.70. The molecule has 1 spiro atoms. The molecule has 1 saturated carbocycles. The second-order valence-corrected chi connectivity index (χ2v) is 10.2. The summed E-state index contributed by atoms with van der Waals surface area (Å²) in [6.45, 7) is 3.30. The Morgan fingerprint density at radius 1 is 1.09 bits per heavy atom. The molecule has 3 heterocycles. The van der Waals surface area contributed by atoms with Crippen molar-refractivity contribution in [3.8, 4) is 0 Å². The SMILES string of the molecule is CCCCN1C(=O)[C@@]2(c3ccccc31)c1[nH]c3ccccc3c1CCN2C(=O)NC1CCCCC1. The summed E-state index contributed by atoms with van der Waals surface area (Å²) in [5, 5.41) is 4.46. The molecule has 6 nitrogen and oxygen atoms in total. The lowest BCUT2D eigenvalue weighted by Gasteiger charge is -2.44. The minimum atomic E-state index is -1.17. The molecule has 1 aliphatic carbocycles. The molecule has 2 aromatic carbocycles. The molecule has 1 aromatic heterocycles. The van der Waals surface area contributed by atoms with Gasteiger partial charge in [0.15, 0.2) is 5.54 Å². The number of hydrogen-bond donors (Lipinski definition) is 2. The highest BCUT2D eigenvalue weighted by molar-refractivity contribution is 6.12. The lowest BCUT2D eigenvalue weighted by Crippen LogP contribution is -2.62. The van der Waals surface area contributed by atoms with Crippen LogP contribution < -0.4 is 10.2 Å². The summed E-state index contributed by atoms with van der Waals surface area (Å²) in [4.78, 5) is 35.9. The van der Waals surface area contributed by atoms with Crippen molar-refractivity contribution in [2.24, 2.45) is 0 Å². The maximum Gasteiger partial charge on any atom is 0.319 e. The normalized spacial score (nSPS) is 22.0. The van der Waals surface area contributed by atoms with Gasteiger partial charge in [0.25, 0.3) is 5.91 Å². The number of unbranched alkanes of at least 4 members (excludes halogenated alkanes) is 1. The summed E-state index contributed by atoms with van der Waals surface area (Å²) in [6, 6.07) is 16.4. The maximum absolute atomic E-state index is 14.6. The second-order valence-electron chi connectivity index (χ2n) is 10.2. The van der Waals surface area contributed by atoms with E-state index < -0.39 is 5.54 Å². The van der Waals surface area contributed by atoms with Gasteiger partial charge in [0, 0.05) is 35.6 Å². The summed E-state index contributed by atoms with van der Waals surface area (Å²) >= 11 is 0. The summed E-state index contributed by atoms with van der Waals surface area (Å²) < 4.78 is 0. The molecule has 2 aliphatic heterocycles. The van der Waals surface area contributed by atoms with Crippen molar-refractivity contribution in [2.75, 3.05) is 18.0 Å². The molecular weight excluding hydrogens is 436 g/mol. The van der Waals surface area contributed by atoms with Crippen molar-refractivity contribution in [3.63, 3.8) is 0 Å². The van der Waals surface area contributed by atoms with Crippen molar-refractivity contribution in [1.29, 1.82) is 0 Å². The molecule has 3 aliphatic rings. The van der Waals surface area contributed by atoms with E-state index in [1.807, 2.05) is 46.2 Å². The molecule has 0 saturated heterocycles. The van der Waals surface area contributed by atoms with E-state index in [1.54, 1.807) is 0 Å². The van der Waals surface area contributed by atoms with Crippen LogP contribution in [-0.2, 0) is 16.8 Å². The Morgan fingerprint density at radius 3 is 2.69 bits per heavy atom. The van der Waals surface area contributed by atoms with E-state index in [4.69, 9.17) is 0 Å². The van der Waals surface area contributed by atoms with Gasteiger partial charge in [-0.05, 0) is 43.4 Å². The number of fused-ring (bicyclic) bond motifs is 6. The molecule has 0 radical (unpaired) electrons. The zero-order valence-corrected chi connectivity index (χ0v) is 20.5. The van der Waals surface area contributed by atoms with E-state index in [9.17, 15) is 9.59 Å². The first kappa shape index (κ1) is 22.2. The highest BCUT2D eigenvalue weighted by atomic mass is 16.2. The van der Waals surface area contributed by atoms with Gasteiger partial charge < -0.3 is 20.1 Å². The van der Waals surface area contributed by atoms with Gasteiger partial charge in [-0.1, -0.05) is 69.0 Å². The number of hydrogen-bond acceptors (Lipinski definition) is 2. The largest absolute Gasteiger partial charge is 0.355 e. The van der Waals surface area contributed by atoms with Crippen molar-refractivity contribution in [2.45, 2.75) is 69.9 Å². The van der Waals surface area contributed by atoms with Gasteiger partial charge in [-0.15, -0.1) is 0 Å². The molecule has 1 atom stereocenters. The molecule has 0 bridgehead atoms. The molecule has 6 heteroatoms. The number of carbonyl (C=O) groups excluding carboxylic acids is 2. The Bertz CT molecular complexity index is 1270. The Kier molecular flexibility index (Phi) is 5.54. The van der Waals surface area contributed by atoms with Crippen LogP contribution in [0.15, 0.2) is 48.5 Å². The van der Waals surface area contributed by atoms with Crippen molar-refractivity contribution in [1.82, 2.24) is 15.2 Å². The van der Waals surface area contributed by atoms with Crippen LogP contribution in [0.3, 0.4) is 0 Å². The van der Waals surface area contributed by atoms with Crippen molar-refractivity contribution in [3.05, 3.63) is 65.4 Å². The molecular formula is C29H34N4O2. The third-order valence-corrected chi connectivity index (χ3v) is 8.22. The van der Waals surface area contributed by atoms with Gasteiger partial charge in [0.05, 0.1) is 11.4 Å². The van der Waals surface area contributed by atoms with E-state index in [2.05, 4.69) is 29.4 Å². The van der Waals surface area contributed by atoms with Crippen LogP contribution in [0.2, 0.25) is 0 Å². The number of carbonyl (C=O) groups is 2. The highest BCUT2D eigenvalue weighted by Gasteiger charge is 2.60. The number of amides is 3. The zero-order chi connectivity index (χ0) is 24.0. The molecule has 35 heavy (non-hydrogen) atoms. The van der Waals surface area contributed by atoms with Gasteiger partial charge in [0.1, 0.15) is 0 Å². The minimum Gasteiger partial charge on any atom is -0.355 e. The maximum atomic E-state index is 14.6. The number of nitrogens with one attached hydrogen (secondary N) is 2. The number of para-hydroxylation sites is 2. The number of H-pyrrole nitrogens is 1. The smallest absolute Gasteiger partial charge is 0.319 e. The van der Waals surface area contributed by atoms with Crippen LogP contribution >= 0.6 is 0 Å². The van der Waals surface area contributed by atoms with E-state index in [0.717, 1.165) is 78.4 Å². The Morgan fingerprint density at radius 2 is 1.86 bits per heavy atom. The zero-order valence-electron chi connectivity index (χ0n) is 20.5. The van der Waals surface area contributed by atoms with Crippen LogP contribution in [0.25, 0.3) is 10.9 Å². The summed E-state index contributed by atoms with van der Waals surface area (Å²) in [7, 11) is 0. The molecule has 2 N–H and O–H groups in total. The topological polar surface area (TPSA) is 68.4 Å². The lowest BCUT2D eigenvalue weighted by molar-refractivity contribution is -0.126. The number of urea groups is 1. The number of nitrogens with zero attached hydrogens (tertiary/aromatic N) is 2. The van der Waals surface area contributed by atoms with Gasteiger partial charge in [-0.3, -0.25) is 4.79 Å². The van der Waals surface area contributed by atoms with E-state index in [-0.39, 0.29) is 18.0 Å². The van der Waals surface area contributed by atoms with Crippen molar-refractivity contribution >= 4 is 28.5 Å². The van der Waals surface area contributed by atoms with Gasteiger partial charge >= 0.3 is 6.03 Å². The second kappa shape index (κ2) is 8.74. The Labute approximate surface area is 206 Å². The average Bonchev–Trinajstić information content (AvgIpc) is 3.38. The number of aromatic amines is 1. The van der Waals surface area contributed by atoms with Crippen LogP contribution in [-0.4, -0.2) is 41.0 Å². The van der Waals surface area contributed by atoms with Gasteiger partial charge in [-0.25, -0.2) is 4.79 Å². The van der Waals surface area contributed by atoms with Gasteiger partial charge in [-0.2, -0.15) is 0 Å². The monoisotopic (exact) mass is 470 g/mol. The van der Waals surface area contributed by atoms with E-state index in [1.165, 1.54) is 6.42 Å². The predicted molar refractivity (Wildman–Crippen MR) is 139 cm³/mol. The number of rotatable bonds is 4. The fourth-order valence-corrected chi connectivity index (χ4v) is 6.52. The van der Waals surface area contributed by atoms with Crippen LogP contribution in [0.5, 0.6) is 0 Å². The highest BCUT2D eigenvalue weighted by Crippen LogP contribution is 2.52. The molecule has 3 amide bonds. The number of benzene rings is 2. The minimum absolute atomic E-state index is 0.0153. The van der Waals surface area contributed by atoms with E-state index >= 15 is 0 Å². The molecule has 3 aromatic rings. The molecule has 6 rings (SSSR count). The first-order valence-electron chi connectivity index (χ1n) is 13.3. The molecule has 182 valence electrons. The van der Waals surface area contributed by atoms with Crippen LogP contribution in [0.4, 0.5) is 10.5 Å². The first-order chi connectivity index (χ1) is 17.2. The van der Waals surface area contributed by atoms with Crippen LogP contribution in [0, 0.1) is 0 Å². The number of anilines is 1. The van der Waals surface area contributed by atoms with E-state index in [0.29, 0.717) is 13.1 Å². The summed E-state index contributed by atoms with van der Waals surface area (Å²) in [6.07, 6.45) is 8.20. The molecule has 0 unspecified atom stereocenters. The lowest BCUT2D eigenvalue weighted by atomic mass is 9.80.